The molecule has 0 bridgehead atoms. The van der Waals surface area contributed by atoms with E-state index in [1.165, 1.54) is 0 Å². The minimum absolute atomic E-state index is 0. The molecule has 0 aromatic heterocycles. The third-order valence-corrected chi connectivity index (χ3v) is 4.01. The minimum atomic E-state index is -0.671. The summed E-state index contributed by atoms with van der Waals surface area (Å²) in [4.78, 5) is 0. The molecule has 1 aliphatic rings. The molecule has 0 radical (unpaired) electrons. The maximum atomic E-state index is 10.00. The molecule has 3 atom stereocenters. The minimum Gasteiger partial charge on any atom is -0.390 e. The number of aliphatic hydroxyl groups excluding tert-OH is 1. The quantitative estimate of drug-likeness (QED) is 0.731. The highest BCUT2D eigenvalue weighted by Gasteiger charge is 2.33. The Bertz CT molecular complexity index is 573. The van der Waals surface area contributed by atoms with Gasteiger partial charge in [0.25, 0.3) is 0 Å². The summed E-state index contributed by atoms with van der Waals surface area (Å²) in [6.07, 6.45) is 0.0138. The zero-order valence-electron chi connectivity index (χ0n) is 9.71. The fourth-order valence-electron chi connectivity index (χ4n) is 2.61. The van der Waals surface area contributed by atoms with Crippen LogP contribution in [-0.4, -0.2) is 17.3 Å². The Morgan fingerprint density at radius 1 is 1.17 bits per heavy atom. The molecule has 0 saturated carbocycles. The monoisotopic (exact) mass is 283 g/mol. The molecular weight excluding hydrogens is 269 g/mol. The summed E-state index contributed by atoms with van der Waals surface area (Å²) >= 11 is 6.34. The van der Waals surface area contributed by atoms with E-state index < -0.39 is 11.5 Å². The predicted octanol–water partition coefficient (Wildman–Crippen LogP) is 2.79. The van der Waals surface area contributed by atoms with Crippen molar-refractivity contribution in [2.45, 2.75) is 23.9 Å². The van der Waals surface area contributed by atoms with Crippen LogP contribution in [0.4, 0.5) is 0 Å². The van der Waals surface area contributed by atoms with Gasteiger partial charge in [-0.05, 0) is 28.3 Å². The van der Waals surface area contributed by atoms with E-state index in [1.807, 2.05) is 18.2 Å². The third kappa shape index (κ3) is 1.99. The number of aliphatic hydroxyl groups is 1. The number of hydrogen-bond donors (Lipinski definition) is 2. The van der Waals surface area contributed by atoms with E-state index in [0.29, 0.717) is 6.42 Å². The number of rotatable bonds is 0. The van der Waals surface area contributed by atoms with E-state index in [-0.39, 0.29) is 18.4 Å². The van der Waals surface area contributed by atoms with Crippen LogP contribution in [0.2, 0.25) is 0 Å². The lowest BCUT2D eigenvalue weighted by molar-refractivity contribution is 0.132. The molecule has 2 aromatic rings. The van der Waals surface area contributed by atoms with E-state index in [1.54, 1.807) is 0 Å². The number of nitrogens with two attached hydrogens (primary N) is 1. The van der Waals surface area contributed by atoms with E-state index in [2.05, 4.69) is 18.2 Å². The predicted molar refractivity (Wildman–Crippen MR) is 77.5 cm³/mol. The lowest BCUT2D eigenvalue weighted by atomic mass is 9.83. The highest BCUT2D eigenvalue weighted by atomic mass is 35.5. The van der Waals surface area contributed by atoms with Crippen molar-refractivity contribution in [1.29, 1.82) is 0 Å². The van der Waals surface area contributed by atoms with Gasteiger partial charge in [0.05, 0.1) is 11.5 Å². The van der Waals surface area contributed by atoms with Gasteiger partial charge >= 0.3 is 0 Å². The Morgan fingerprint density at radius 3 is 2.67 bits per heavy atom. The fraction of sp³-hybridized carbons (Fsp3) is 0.286. The van der Waals surface area contributed by atoms with Crippen LogP contribution in [0.1, 0.15) is 16.5 Å². The van der Waals surface area contributed by atoms with Crippen LogP contribution in [0.25, 0.3) is 10.8 Å². The Labute approximate surface area is 117 Å². The largest absolute Gasteiger partial charge is 0.390 e. The van der Waals surface area contributed by atoms with Crippen LogP contribution in [-0.2, 0) is 6.42 Å². The zero-order valence-corrected chi connectivity index (χ0v) is 11.3. The number of halogens is 2. The van der Waals surface area contributed by atoms with Crippen LogP contribution in [0.5, 0.6) is 0 Å². The maximum Gasteiger partial charge on any atom is 0.0899 e. The van der Waals surface area contributed by atoms with Gasteiger partial charge in [0.1, 0.15) is 0 Å². The zero-order chi connectivity index (χ0) is 12.0. The smallest absolute Gasteiger partial charge is 0.0899 e. The summed E-state index contributed by atoms with van der Waals surface area (Å²) in [5.41, 5.74) is 8.09. The second-order valence-electron chi connectivity index (χ2n) is 4.62. The summed E-state index contributed by atoms with van der Waals surface area (Å²) in [5, 5.41) is 11.9. The molecule has 3 N–H and O–H groups in total. The van der Waals surface area contributed by atoms with Crippen molar-refractivity contribution < 1.29 is 5.11 Å². The van der Waals surface area contributed by atoms with Crippen LogP contribution in [0.3, 0.4) is 0 Å². The summed E-state index contributed by atoms with van der Waals surface area (Å²) in [5.74, 6) is 0. The van der Waals surface area contributed by atoms with Gasteiger partial charge < -0.3 is 10.8 Å². The second-order valence-corrected chi connectivity index (χ2v) is 5.09. The summed E-state index contributed by atoms with van der Waals surface area (Å²) in [7, 11) is 0. The average molecular weight is 284 g/mol. The maximum absolute atomic E-state index is 10.00. The Morgan fingerprint density at radius 2 is 1.89 bits per heavy atom. The van der Waals surface area contributed by atoms with Crippen molar-refractivity contribution in [1.82, 2.24) is 0 Å². The molecule has 0 spiro atoms. The first-order valence-electron chi connectivity index (χ1n) is 5.76. The van der Waals surface area contributed by atoms with Gasteiger partial charge in [0, 0.05) is 6.04 Å². The second kappa shape index (κ2) is 5.06. The third-order valence-electron chi connectivity index (χ3n) is 3.53. The number of hydrogen-bond acceptors (Lipinski definition) is 2. The van der Waals surface area contributed by atoms with Crippen molar-refractivity contribution >= 4 is 34.8 Å². The Hall–Kier alpha value is -0.800. The van der Waals surface area contributed by atoms with Crippen LogP contribution in [0.15, 0.2) is 36.4 Å². The molecule has 1 aliphatic carbocycles. The average Bonchev–Trinajstić information content (AvgIpc) is 2.35. The van der Waals surface area contributed by atoms with Gasteiger partial charge in [-0.1, -0.05) is 36.4 Å². The van der Waals surface area contributed by atoms with Crippen molar-refractivity contribution in [3.05, 3.63) is 47.5 Å². The van der Waals surface area contributed by atoms with Crippen molar-refractivity contribution in [2.24, 2.45) is 5.73 Å². The van der Waals surface area contributed by atoms with Crippen molar-refractivity contribution in [3.8, 4) is 0 Å². The molecular formula is C14H15Cl2NO. The molecule has 2 nitrogen and oxygen atoms in total. The van der Waals surface area contributed by atoms with Crippen LogP contribution < -0.4 is 5.73 Å². The summed E-state index contributed by atoms with van der Waals surface area (Å²) < 4.78 is 0. The summed E-state index contributed by atoms with van der Waals surface area (Å²) in [6.45, 7) is 0. The topological polar surface area (TPSA) is 46.2 Å². The molecule has 0 saturated heterocycles. The lowest BCUT2D eigenvalue weighted by Crippen LogP contribution is -2.42. The first-order chi connectivity index (χ1) is 8.18. The molecule has 0 heterocycles. The number of alkyl halides is 1. The molecule has 3 unspecified atom stereocenters. The van der Waals surface area contributed by atoms with Gasteiger partial charge in [-0.15, -0.1) is 24.0 Å². The highest BCUT2D eigenvalue weighted by Crippen LogP contribution is 2.38. The SMILES string of the molecule is Cl.NC1Cc2ccc3ccccc3c2C(Cl)C1O. The Balaban J connectivity index is 0.00000120. The first-order valence-corrected chi connectivity index (χ1v) is 6.20. The van der Waals surface area contributed by atoms with Gasteiger partial charge in [-0.25, -0.2) is 0 Å². The van der Waals surface area contributed by atoms with E-state index in [9.17, 15) is 5.11 Å². The number of benzene rings is 2. The van der Waals surface area contributed by atoms with Crippen molar-refractivity contribution in [2.75, 3.05) is 0 Å². The molecule has 0 fully saturated rings. The lowest BCUT2D eigenvalue weighted by Gasteiger charge is -2.32. The standard InChI is InChI=1S/C14H14ClNO.ClH/c15-13-12-9(7-11(16)14(13)17)6-5-8-3-1-2-4-10(8)12;/h1-6,11,13-14,17H,7,16H2;1H. The Kier molecular flexibility index (Phi) is 3.83. The molecule has 3 rings (SSSR count). The fourth-order valence-corrected chi connectivity index (χ4v) is 3.05. The van der Waals surface area contributed by atoms with Gasteiger partial charge in [0.2, 0.25) is 0 Å². The van der Waals surface area contributed by atoms with E-state index >= 15 is 0 Å². The normalized spacial score (nSPS) is 26.5. The van der Waals surface area contributed by atoms with Crippen molar-refractivity contribution in [3.63, 3.8) is 0 Å². The molecule has 2 aromatic carbocycles. The molecule has 18 heavy (non-hydrogen) atoms. The van der Waals surface area contributed by atoms with Gasteiger partial charge in [0.15, 0.2) is 0 Å². The molecule has 4 heteroatoms. The number of fused-ring (bicyclic) bond motifs is 3. The van der Waals surface area contributed by atoms with Crippen LogP contribution in [0, 0.1) is 0 Å². The van der Waals surface area contributed by atoms with Gasteiger partial charge in [-0.2, -0.15) is 0 Å². The van der Waals surface area contributed by atoms with Gasteiger partial charge in [-0.3, -0.25) is 0 Å². The van der Waals surface area contributed by atoms with Crippen LogP contribution >= 0.6 is 24.0 Å². The summed E-state index contributed by atoms with van der Waals surface area (Å²) in [6, 6.07) is 12.0. The molecule has 0 amide bonds. The van der Waals surface area contributed by atoms with E-state index in [0.717, 1.165) is 21.9 Å². The van der Waals surface area contributed by atoms with E-state index in [4.69, 9.17) is 17.3 Å². The molecule has 0 aliphatic heterocycles. The molecule has 96 valence electrons. The first kappa shape index (κ1) is 13.6. The highest BCUT2D eigenvalue weighted by molar-refractivity contribution is 6.22.